The van der Waals surface area contributed by atoms with E-state index in [4.69, 9.17) is 14.3 Å². The van der Waals surface area contributed by atoms with Crippen molar-refractivity contribution in [2.75, 3.05) is 11.8 Å². The zero-order chi connectivity index (χ0) is 14.8. The van der Waals surface area contributed by atoms with Crippen molar-refractivity contribution in [1.29, 1.82) is 0 Å². The number of carboxylic acids is 1. The van der Waals surface area contributed by atoms with Crippen LogP contribution in [0.15, 0.2) is 45.9 Å². The Morgan fingerprint density at radius 1 is 1.30 bits per heavy atom. The molecule has 0 aliphatic rings. The molecule has 1 heterocycles. The topological polar surface area (TPSA) is 106 Å². The number of hydrogen-bond donors (Lipinski definition) is 2. The van der Waals surface area contributed by atoms with Crippen LogP contribution in [-0.2, 0) is 10.0 Å². The first-order chi connectivity index (χ1) is 9.42. The standard InChI is InChI=1S/C12H11NO6S/c1-18-9-4-2-3-8(7-9)13-20(16,17)11-6-5-10(19-11)12(14)15/h2-7,13H,1H3,(H,14,15). The molecule has 2 aromatic rings. The molecule has 7 nitrogen and oxygen atoms in total. The van der Waals surface area contributed by atoms with Crippen molar-refractivity contribution in [3.63, 3.8) is 0 Å². The Hall–Kier alpha value is -2.48. The third-order valence-electron chi connectivity index (χ3n) is 2.38. The van der Waals surface area contributed by atoms with Crippen molar-refractivity contribution in [2.45, 2.75) is 5.09 Å². The monoisotopic (exact) mass is 297 g/mol. The van der Waals surface area contributed by atoms with Crippen molar-refractivity contribution in [1.82, 2.24) is 0 Å². The highest BCUT2D eigenvalue weighted by molar-refractivity contribution is 7.92. The average Bonchev–Trinajstić information content (AvgIpc) is 2.89. The number of sulfonamides is 1. The van der Waals surface area contributed by atoms with Crippen LogP contribution in [-0.4, -0.2) is 26.6 Å². The molecule has 0 aliphatic carbocycles. The van der Waals surface area contributed by atoms with Gasteiger partial charge in [-0.3, -0.25) is 4.72 Å². The summed E-state index contributed by atoms with van der Waals surface area (Å²) in [4.78, 5) is 10.7. The molecule has 1 aromatic heterocycles. The molecule has 1 aromatic carbocycles. The molecular formula is C12H11NO6S. The van der Waals surface area contributed by atoms with Crippen LogP contribution in [0, 0.1) is 0 Å². The van der Waals surface area contributed by atoms with Crippen LogP contribution in [0.3, 0.4) is 0 Å². The van der Waals surface area contributed by atoms with E-state index < -0.39 is 26.8 Å². The minimum absolute atomic E-state index is 0.276. The first-order valence-corrected chi connectivity index (χ1v) is 6.91. The maximum absolute atomic E-state index is 12.0. The number of methoxy groups -OCH3 is 1. The zero-order valence-electron chi connectivity index (χ0n) is 10.4. The fourth-order valence-corrected chi connectivity index (χ4v) is 2.46. The molecular weight excluding hydrogens is 286 g/mol. The van der Waals surface area contributed by atoms with Crippen molar-refractivity contribution in [2.24, 2.45) is 0 Å². The lowest BCUT2D eigenvalue weighted by Crippen LogP contribution is -2.12. The smallest absolute Gasteiger partial charge is 0.371 e. The molecule has 106 valence electrons. The molecule has 0 saturated heterocycles. The van der Waals surface area contributed by atoms with Gasteiger partial charge in [0, 0.05) is 6.07 Å². The Morgan fingerprint density at radius 2 is 2.05 bits per heavy atom. The van der Waals surface area contributed by atoms with Crippen LogP contribution >= 0.6 is 0 Å². The summed E-state index contributed by atoms with van der Waals surface area (Å²) in [7, 11) is -2.53. The van der Waals surface area contributed by atoms with Gasteiger partial charge in [-0.2, -0.15) is 8.42 Å². The second-order valence-electron chi connectivity index (χ2n) is 3.76. The van der Waals surface area contributed by atoms with Gasteiger partial charge in [0.05, 0.1) is 12.8 Å². The van der Waals surface area contributed by atoms with Gasteiger partial charge in [0.15, 0.2) is 0 Å². The molecule has 0 atom stereocenters. The number of carboxylic acid groups (broad SMARTS) is 1. The molecule has 0 spiro atoms. The van der Waals surface area contributed by atoms with E-state index in [2.05, 4.69) is 4.72 Å². The van der Waals surface area contributed by atoms with Gasteiger partial charge in [0.25, 0.3) is 10.0 Å². The number of anilines is 1. The molecule has 2 rings (SSSR count). The van der Waals surface area contributed by atoms with Crippen molar-refractivity contribution < 1.29 is 27.5 Å². The van der Waals surface area contributed by atoms with Gasteiger partial charge in [0.2, 0.25) is 10.9 Å². The Bertz CT molecular complexity index is 734. The van der Waals surface area contributed by atoms with Crippen LogP contribution in [0.5, 0.6) is 5.75 Å². The van der Waals surface area contributed by atoms with Gasteiger partial charge < -0.3 is 14.3 Å². The fraction of sp³-hybridized carbons (Fsp3) is 0.0833. The largest absolute Gasteiger partial charge is 0.497 e. The van der Waals surface area contributed by atoms with Crippen LogP contribution < -0.4 is 9.46 Å². The average molecular weight is 297 g/mol. The van der Waals surface area contributed by atoms with Gasteiger partial charge in [-0.1, -0.05) is 6.07 Å². The third kappa shape index (κ3) is 2.91. The summed E-state index contributed by atoms with van der Waals surface area (Å²) in [5, 5.41) is 8.22. The Labute approximate surface area is 114 Å². The number of hydrogen-bond acceptors (Lipinski definition) is 5. The SMILES string of the molecule is COc1cccc(NS(=O)(=O)c2ccc(C(=O)O)o2)c1. The van der Waals surface area contributed by atoms with Crippen LogP contribution in [0.1, 0.15) is 10.6 Å². The number of ether oxygens (including phenoxy) is 1. The van der Waals surface area contributed by atoms with Crippen molar-refractivity contribution in [3.8, 4) is 5.75 Å². The van der Waals surface area contributed by atoms with E-state index in [0.717, 1.165) is 12.1 Å². The summed E-state index contributed by atoms with van der Waals surface area (Å²) in [5.74, 6) is -1.31. The summed E-state index contributed by atoms with van der Waals surface area (Å²) < 4.78 is 36.0. The number of carbonyl (C=O) groups is 1. The maximum atomic E-state index is 12.0. The highest BCUT2D eigenvalue weighted by atomic mass is 32.2. The Balaban J connectivity index is 2.27. The summed E-state index contributed by atoms with van der Waals surface area (Å²) in [6.45, 7) is 0. The van der Waals surface area contributed by atoms with Gasteiger partial charge in [-0.15, -0.1) is 0 Å². The molecule has 0 amide bonds. The number of benzene rings is 1. The maximum Gasteiger partial charge on any atom is 0.371 e. The molecule has 0 bridgehead atoms. The van der Waals surface area contributed by atoms with E-state index in [9.17, 15) is 13.2 Å². The number of nitrogens with one attached hydrogen (secondary N) is 1. The quantitative estimate of drug-likeness (QED) is 0.871. The minimum Gasteiger partial charge on any atom is -0.497 e. The van der Waals surface area contributed by atoms with Crippen LogP contribution in [0.2, 0.25) is 0 Å². The number of aromatic carboxylic acids is 1. The van der Waals surface area contributed by atoms with Crippen LogP contribution in [0.4, 0.5) is 5.69 Å². The van der Waals surface area contributed by atoms with Gasteiger partial charge in [0.1, 0.15) is 5.75 Å². The summed E-state index contributed by atoms with van der Waals surface area (Å²) in [6, 6.07) is 8.43. The number of furan rings is 1. The van der Waals surface area contributed by atoms with E-state index in [1.165, 1.54) is 19.2 Å². The van der Waals surface area contributed by atoms with Crippen molar-refractivity contribution >= 4 is 21.7 Å². The lowest BCUT2D eigenvalue weighted by atomic mass is 10.3. The van der Waals surface area contributed by atoms with E-state index in [0.29, 0.717) is 5.75 Å². The molecule has 0 saturated carbocycles. The van der Waals surface area contributed by atoms with E-state index >= 15 is 0 Å². The second kappa shape index (κ2) is 5.25. The highest BCUT2D eigenvalue weighted by Gasteiger charge is 2.21. The third-order valence-corrected chi connectivity index (χ3v) is 3.63. The van der Waals surface area contributed by atoms with E-state index in [1.54, 1.807) is 12.1 Å². The van der Waals surface area contributed by atoms with Crippen molar-refractivity contribution in [3.05, 3.63) is 42.2 Å². The van der Waals surface area contributed by atoms with E-state index in [1.807, 2.05) is 0 Å². The lowest BCUT2D eigenvalue weighted by molar-refractivity contribution is 0.0656. The molecule has 20 heavy (non-hydrogen) atoms. The fourth-order valence-electron chi connectivity index (χ4n) is 1.47. The number of rotatable bonds is 5. The normalized spacial score (nSPS) is 11.1. The molecule has 0 unspecified atom stereocenters. The second-order valence-corrected chi connectivity index (χ2v) is 5.37. The van der Waals surface area contributed by atoms with Gasteiger partial charge >= 0.3 is 5.97 Å². The van der Waals surface area contributed by atoms with Gasteiger partial charge in [-0.05, 0) is 24.3 Å². The zero-order valence-corrected chi connectivity index (χ0v) is 11.2. The predicted octanol–water partition coefficient (Wildman–Crippen LogP) is 1.79. The Kier molecular flexibility index (Phi) is 3.66. The lowest BCUT2D eigenvalue weighted by Gasteiger charge is -2.07. The molecule has 0 fully saturated rings. The molecule has 0 aliphatic heterocycles. The van der Waals surface area contributed by atoms with Gasteiger partial charge in [-0.25, -0.2) is 4.79 Å². The molecule has 0 radical (unpaired) electrons. The summed E-state index contributed by atoms with van der Waals surface area (Å²) in [5.41, 5.74) is 0.276. The first-order valence-electron chi connectivity index (χ1n) is 5.42. The highest BCUT2D eigenvalue weighted by Crippen LogP contribution is 2.21. The summed E-state index contributed by atoms with van der Waals surface area (Å²) >= 11 is 0. The predicted molar refractivity (Wildman–Crippen MR) is 69.5 cm³/mol. The molecule has 8 heteroatoms. The Morgan fingerprint density at radius 3 is 2.65 bits per heavy atom. The van der Waals surface area contributed by atoms with Crippen LogP contribution in [0.25, 0.3) is 0 Å². The summed E-state index contributed by atoms with van der Waals surface area (Å²) in [6.07, 6.45) is 0. The first kappa shape index (κ1) is 13.9. The minimum atomic E-state index is -3.99. The van der Waals surface area contributed by atoms with E-state index in [-0.39, 0.29) is 5.69 Å². The molecule has 2 N–H and O–H groups in total.